The molecule has 2 aliphatic rings. The minimum atomic E-state index is -0.553. The van der Waals surface area contributed by atoms with Crippen molar-refractivity contribution in [2.45, 2.75) is 19.9 Å². The normalized spacial score (nSPS) is 15.5. The number of fused-ring (bicyclic) bond motifs is 1. The summed E-state index contributed by atoms with van der Waals surface area (Å²) in [6.07, 6.45) is 2.25. The van der Waals surface area contributed by atoms with Crippen molar-refractivity contribution in [3.8, 4) is 11.5 Å². The number of hydrogen-bond donors (Lipinski definition) is 1. The molecule has 0 atom stereocenters. The fourth-order valence-corrected chi connectivity index (χ4v) is 5.77. The third kappa shape index (κ3) is 6.78. The Morgan fingerprint density at radius 1 is 1.02 bits per heavy atom. The topological polar surface area (TPSA) is 105 Å². The quantitative estimate of drug-likeness (QED) is 0.327. The molecule has 1 fully saturated rings. The summed E-state index contributed by atoms with van der Waals surface area (Å²) < 4.78 is 11.4. The number of para-hydroxylation sites is 1. The number of nitrogens with zero attached hydrogens (tertiary/aromatic N) is 2. The molecule has 4 amide bonds. The first-order valence-electron chi connectivity index (χ1n) is 13.4. The molecule has 0 aromatic heterocycles. The highest BCUT2D eigenvalue weighted by Gasteiger charge is 2.37. The van der Waals surface area contributed by atoms with E-state index < -0.39 is 11.1 Å². The molecule has 1 saturated heterocycles. The highest BCUT2D eigenvalue weighted by molar-refractivity contribution is 8.18. The van der Waals surface area contributed by atoms with Crippen LogP contribution in [0, 0.1) is 0 Å². The van der Waals surface area contributed by atoms with Crippen LogP contribution in [0.3, 0.4) is 0 Å². The number of ether oxygens (including phenoxy) is 2. The molecule has 3 aromatic rings. The summed E-state index contributed by atoms with van der Waals surface area (Å²) >= 11 is 7.26. The van der Waals surface area contributed by atoms with Crippen LogP contribution in [0.25, 0.3) is 6.08 Å². The van der Waals surface area contributed by atoms with Crippen LogP contribution in [0.15, 0.2) is 71.6 Å². The SMILES string of the molecule is CCOc1cc(/C=C2\SC(=O)N(CC(=O)N3CCc4ccccc4C3)C2=O)cc(Cl)c1OCC(=O)Nc1ccccc1. The van der Waals surface area contributed by atoms with E-state index in [1.54, 1.807) is 48.2 Å². The van der Waals surface area contributed by atoms with Crippen molar-refractivity contribution in [3.63, 3.8) is 0 Å². The number of halogens is 1. The maximum absolute atomic E-state index is 13.1. The van der Waals surface area contributed by atoms with Gasteiger partial charge >= 0.3 is 0 Å². The van der Waals surface area contributed by atoms with E-state index in [4.69, 9.17) is 21.1 Å². The van der Waals surface area contributed by atoms with Crippen LogP contribution >= 0.6 is 23.4 Å². The number of anilines is 1. The van der Waals surface area contributed by atoms with Gasteiger partial charge in [-0.1, -0.05) is 54.1 Å². The number of benzene rings is 3. The highest BCUT2D eigenvalue weighted by Crippen LogP contribution is 2.39. The van der Waals surface area contributed by atoms with E-state index in [2.05, 4.69) is 5.32 Å². The van der Waals surface area contributed by atoms with Crippen molar-refractivity contribution in [3.05, 3.63) is 93.3 Å². The summed E-state index contributed by atoms with van der Waals surface area (Å²) in [7, 11) is 0. The lowest BCUT2D eigenvalue weighted by Gasteiger charge is -2.29. The van der Waals surface area contributed by atoms with Gasteiger partial charge in [-0.25, -0.2) is 0 Å². The number of amides is 4. The summed E-state index contributed by atoms with van der Waals surface area (Å²) in [6, 6.07) is 20.1. The third-order valence-electron chi connectivity index (χ3n) is 6.68. The lowest BCUT2D eigenvalue weighted by Crippen LogP contribution is -2.44. The van der Waals surface area contributed by atoms with E-state index in [1.807, 2.05) is 30.3 Å². The molecule has 0 bridgehead atoms. The first-order valence-corrected chi connectivity index (χ1v) is 14.6. The van der Waals surface area contributed by atoms with Crippen molar-refractivity contribution >= 4 is 58.1 Å². The Kier molecular flexibility index (Phi) is 9.14. The predicted molar refractivity (Wildman–Crippen MR) is 161 cm³/mol. The third-order valence-corrected chi connectivity index (χ3v) is 7.87. The molecule has 0 radical (unpaired) electrons. The molecule has 0 spiro atoms. The van der Waals surface area contributed by atoms with Crippen LogP contribution in [0.4, 0.5) is 10.5 Å². The summed E-state index contributed by atoms with van der Waals surface area (Å²) in [5.74, 6) is -0.750. The number of rotatable bonds is 9. The van der Waals surface area contributed by atoms with Gasteiger partial charge in [0, 0.05) is 18.8 Å². The molecule has 3 aromatic carbocycles. The highest BCUT2D eigenvalue weighted by atomic mass is 35.5. The molecule has 216 valence electrons. The van der Waals surface area contributed by atoms with Crippen molar-refractivity contribution in [1.82, 2.24) is 9.80 Å². The Morgan fingerprint density at radius 3 is 2.52 bits per heavy atom. The maximum atomic E-state index is 13.1. The van der Waals surface area contributed by atoms with E-state index in [0.29, 0.717) is 30.9 Å². The first-order chi connectivity index (χ1) is 20.3. The predicted octanol–water partition coefficient (Wildman–Crippen LogP) is 5.38. The largest absolute Gasteiger partial charge is 0.490 e. The fraction of sp³-hybridized carbons (Fsp3) is 0.226. The lowest BCUT2D eigenvalue weighted by molar-refractivity contribution is -0.136. The molecule has 2 heterocycles. The van der Waals surface area contributed by atoms with Gasteiger partial charge < -0.3 is 19.7 Å². The molecule has 0 saturated carbocycles. The van der Waals surface area contributed by atoms with Crippen molar-refractivity contribution in [1.29, 1.82) is 0 Å². The molecule has 5 rings (SSSR count). The molecular weight excluding hydrogens is 578 g/mol. The summed E-state index contributed by atoms with van der Waals surface area (Å²) in [5, 5.41) is 2.38. The molecule has 2 aliphatic heterocycles. The van der Waals surface area contributed by atoms with E-state index in [1.165, 1.54) is 11.6 Å². The second-order valence-corrected chi connectivity index (χ2v) is 11.0. The molecule has 42 heavy (non-hydrogen) atoms. The minimum Gasteiger partial charge on any atom is -0.490 e. The molecule has 1 N–H and O–H groups in total. The zero-order valence-electron chi connectivity index (χ0n) is 22.8. The van der Waals surface area contributed by atoms with Crippen LogP contribution in [0.5, 0.6) is 11.5 Å². The number of nitrogens with one attached hydrogen (secondary N) is 1. The van der Waals surface area contributed by atoms with Crippen LogP contribution in [-0.2, 0) is 27.3 Å². The number of imide groups is 1. The van der Waals surface area contributed by atoms with Gasteiger partial charge in [0.1, 0.15) is 6.54 Å². The van der Waals surface area contributed by atoms with Crippen LogP contribution < -0.4 is 14.8 Å². The first kappa shape index (κ1) is 29.2. The molecule has 9 nitrogen and oxygen atoms in total. The summed E-state index contributed by atoms with van der Waals surface area (Å²) in [4.78, 5) is 54.0. The van der Waals surface area contributed by atoms with E-state index in [0.717, 1.165) is 28.6 Å². The zero-order chi connectivity index (χ0) is 29.6. The summed E-state index contributed by atoms with van der Waals surface area (Å²) in [5.41, 5.74) is 3.40. The Labute approximate surface area is 252 Å². The Bertz CT molecular complexity index is 1560. The van der Waals surface area contributed by atoms with Gasteiger partial charge in [-0.2, -0.15) is 0 Å². The van der Waals surface area contributed by atoms with Crippen molar-refractivity contribution in [2.75, 3.05) is 31.6 Å². The molecule has 0 unspecified atom stereocenters. The van der Waals surface area contributed by atoms with Crippen LogP contribution in [0.1, 0.15) is 23.6 Å². The Morgan fingerprint density at radius 2 is 1.76 bits per heavy atom. The smallest absolute Gasteiger partial charge is 0.294 e. The maximum Gasteiger partial charge on any atom is 0.294 e. The second-order valence-electron chi connectivity index (χ2n) is 9.57. The van der Waals surface area contributed by atoms with Crippen LogP contribution in [0.2, 0.25) is 5.02 Å². The van der Waals surface area contributed by atoms with Gasteiger partial charge in [0.15, 0.2) is 18.1 Å². The van der Waals surface area contributed by atoms with Gasteiger partial charge in [0.25, 0.3) is 17.1 Å². The number of carbonyl (C=O) groups is 4. The zero-order valence-corrected chi connectivity index (χ0v) is 24.4. The molecular formula is C31H28ClN3O6S. The average Bonchev–Trinajstić information content (AvgIpc) is 3.24. The van der Waals surface area contributed by atoms with Gasteiger partial charge in [0.05, 0.1) is 16.5 Å². The van der Waals surface area contributed by atoms with Gasteiger partial charge in [-0.05, 0) is 72.1 Å². The van der Waals surface area contributed by atoms with E-state index >= 15 is 0 Å². The Balaban J connectivity index is 1.26. The average molecular weight is 606 g/mol. The summed E-state index contributed by atoms with van der Waals surface area (Å²) in [6.45, 7) is 2.43. The van der Waals surface area contributed by atoms with Gasteiger partial charge in [-0.15, -0.1) is 0 Å². The molecule has 0 aliphatic carbocycles. The van der Waals surface area contributed by atoms with Gasteiger partial charge in [0.2, 0.25) is 5.91 Å². The van der Waals surface area contributed by atoms with E-state index in [9.17, 15) is 19.2 Å². The van der Waals surface area contributed by atoms with E-state index in [-0.39, 0.29) is 46.4 Å². The number of carbonyl (C=O) groups excluding carboxylic acids is 4. The number of thioether (sulfide) groups is 1. The Hall–Kier alpha value is -4.28. The van der Waals surface area contributed by atoms with Crippen LogP contribution in [-0.4, -0.2) is 59.1 Å². The second kappa shape index (κ2) is 13.1. The number of hydrogen-bond acceptors (Lipinski definition) is 7. The van der Waals surface area contributed by atoms with Crippen molar-refractivity contribution in [2.24, 2.45) is 0 Å². The molecule has 11 heteroatoms. The van der Waals surface area contributed by atoms with Crippen molar-refractivity contribution < 1.29 is 28.7 Å². The fourth-order valence-electron chi connectivity index (χ4n) is 4.66. The standard InChI is InChI=1S/C31H28ClN3O6S/c1-2-40-25-15-20(14-24(32)29(25)41-19-27(36)33-23-10-4-3-5-11-23)16-26-30(38)35(31(39)42-26)18-28(37)34-13-12-21-8-6-7-9-22(21)17-34/h3-11,14-16H,2,12-13,17-19H2,1H3,(H,33,36)/b26-16-. The monoisotopic (exact) mass is 605 g/mol. The lowest BCUT2D eigenvalue weighted by atomic mass is 10.00. The minimum absolute atomic E-state index is 0.159. The van der Waals surface area contributed by atoms with Gasteiger partial charge in [-0.3, -0.25) is 24.1 Å².